The molecule has 25 heavy (non-hydrogen) atoms. The lowest BCUT2D eigenvalue weighted by atomic mass is 10.1. The zero-order valence-electron chi connectivity index (χ0n) is 15.1. The van der Waals surface area contributed by atoms with Crippen LogP contribution in [0.25, 0.3) is 0 Å². The third-order valence-corrected chi connectivity index (χ3v) is 5.91. The minimum atomic E-state index is 0.687. The molecule has 0 saturated heterocycles. The molecule has 2 aromatic carbocycles. The van der Waals surface area contributed by atoms with E-state index in [1.54, 1.807) is 0 Å². The van der Waals surface area contributed by atoms with Crippen molar-refractivity contribution in [1.82, 2.24) is 10.3 Å². The number of rotatable bonds is 6. The van der Waals surface area contributed by atoms with Crippen LogP contribution in [0.3, 0.4) is 0 Å². The maximum absolute atomic E-state index is 4.37. The molecule has 3 rings (SSSR count). The van der Waals surface area contributed by atoms with Gasteiger partial charge in [-0.25, -0.2) is 0 Å². The number of benzene rings is 2. The van der Waals surface area contributed by atoms with Crippen LogP contribution in [0.4, 0.5) is 0 Å². The van der Waals surface area contributed by atoms with Crippen LogP contribution in [0.15, 0.2) is 60.8 Å². The predicted octanol–water partition coefficient (Wildman–Crippen LogP) is 3.93. The third-order valence-electron chi connectivity index (χ3n) is 4.57. The molecule has 2 nitrogen and oxygen atoms in total. The Labute approximate surface area is 152 Å². The molecule has 0 bridgehead atoms. The van der Waals surface area contributed by atoms with Crippen molar-refractivity contribution in [2.45, 2.75) is 33.9 Å². The Hall–Kier alpha value is -2.02. The summed E-state index contributed by atoms with van der Waals surface area (Å²) in [5, 5.41) is 6.35. The minimum absolute atomic E-state index is 0.687. The van der Waals surface area contributed by atoms with E-state index >= 15 is 0 Å². The van der Waals surface area contributed by atoms with Crippen molar-refractivity contribution in [3.63, 3.8) is 0 Å². The molecule has 0 aliphatic rings. The molecule has 1 atom stereocenters. The number of pyridine rings is 1. The first-order chi connectivity index (χ1) is 12.1. The summed E-state index contributed by atoms with van der Waals surface area (Å²) < 4.78 is 0. The highest BCUT2D eigenvalue weighted by atomic mass is 31.1. The van der Waals surface area contributed by atoms with E-state index < -0.39 is 0 Å². The highest BCUT2D eigenvalue weighted by molar-refractivity contribution is 7.55. The SMILES string of the molecule is Cc1cc(Pc2ccccc2CNCc2ccccn2)cc(C)c1C. The van der Waals surface area contributed by atoms with Gasteiger partial charge >= 0.3 is 0 Å². The molecule has 0 saturated carbocycles. The Morgan fingerprint density at radius 3 is 2.32 bits per heavy atom. The van der Waals surface area contributed by atoms with Gasteiger partial charge in [0.05, 0.1) is 5.69 Å². The fraction of sp³-hybridized carbons (Fsp3) is 0.227. The van der Waals surface area contributed by atoms with E-state index in [0.717, 1.165) is 18.8 Å². The summed E-state index contributed by atoms with van der Waals surface area (Å²) in [6.45, 7) is 8.27. The monoisotopic (exact) mass is 348 g/mol. The van der Waals surface area contributed by atoms with Gasteiger partial charge in [-0.05, 0) is 65.8 Å². The fourth-order valence-electron chi connectivity index (χ4n) is 2.89. The number of aryl methyl sites for hydroxylation is 2. The van der Waals surface area contributed by atoms with Crippen LogP contribution in [-0.2, 0) is 13.1 Å². The van der Waals surface area contributed by atoms with Crippen LogP contribution in [0.1, 0.15) is 27.9 Å². The lowest BCUT2D eigenvalue weighted by molar-refractivity contribution is 0.682. The van der Waals surface area contributed by atoms with Gasteiger partial charge in [0.1, 0.15) is 0 Å². The van der Waals surface area contributed by atoms with Gasteiger partial charge in [-0.2, -0.15) is 0 Å². The number of hydrogen-bond acceptors (Lipinski definition) is 2. The first kappa shape index (κ1) is 17.8. The molecule has 0 radical (unpaired) electrons. The van der Waals surface area contributed by atoms with Gasteiger partial charge in [-0.15, -0.1) is 0 Å². The van der Waals surface area contributed by atoms with E-state index in [9.17, 15) is 0 Å². The molecule has 128 valence electrons. The number of hydrogen-bond donors (Lipinski definition) is 1. The lowest BCUT2D eigenvalue weighted by Gasteiger charge is -2.13. The van der Waals surface area contributed by atoms with Crippen LogP contribution in [0.5, 0.6) is 0 Å². The van der Waals surface area contributed by atoms with E-state index in [4.69, 9.17) is 0 Å². The highest BCUT2D eigenvalue weighted by Gasteiger charge is 2.06. The standard InChI is InChI=1S/C22H25N2P/c1-16-12-21(13-17(2)18(16)3)25-22-10-5-4-8-19(22)14-23-15-20-9-6-7-11-24-20/h4-13,23,25H,14-15H2,1-3H3. The van der Waals surface area contributed by atoms with Gasteiger partial charge in [0.15, 0.2) is 0 Å². The molecule has 3 heteroatoms. The molecule has 1 heterocycles. The van der Waals surface area contributed by atoms with Gasteiger partial charge in [-0.3, -0.25) is 4.98 Å². The number of nitrogens with zero attached hydrogens (tertiary/aromatic N) is 1. The molecule has 0 aliphatic carbocycles. The van der Waals surface area contributed by atoms with E-state index in [2.05, 4.69) is 73.5 Å². The Morgan fingerprint density at radius 1 is 0.880 bits per heavy atom. The second-order valence-corrected chi connectivity index (χ2v) is 7.81. The number of aromatic nitrogens is 1. The van der Waals surface area contributed by atoms with Crippen molar-refractivity contribution in [2.75, 3.05) is 0 Å². The topological polar surface area (TPSA) is 24.9 Å². The van der Waals surface area contributed by atoms with Crippen molar-refractivity contribution < 1.29 is 0 Å². The third kappa shape index (κ3) is 4.75. The Balaban J connectivity index is 1.70. The first-order valence-electron chi connectivity index (χ1n) is 8.67. The predicted molar refractivity (Wildman–Crippen MR) is 109 cm³/mol. The summed E-state index contributed by atoms with van der Waals surface area (Å²) in [5.41, 5.74) is 6.61. The first-order valence-corrected chi connectivity index (χ1v) is 9.67. The molecule has 0 spiro atoms. The Kier molecular flexibility index (Phi) is 5.96. The maximum Gasteiger partial charge on any atom is 0.0541 e. The molecule has 3 aromatic rings. The van der Waals surface area contributed by atoms with Crippen molar-refractivity contribution >= 4 is 19.2 Å². The Morgan fingerprint density at radius 2 is 1.60 bits per heavy atom. The van der Waals surface area contributed by atoms with Gasteiger partial charge in [-0.1, -0.05) is 51.0 Å². The molecular weight excluding hydrogens is 323 g/mol. The summed E-state index contributed by atoms with van der Waals surface area (Å²) in [5.74, 6) is 0. The highest BCUT2D eigenvalue weighted by Crippen LogP contribution is 2.18. The summed E-state index contributed by atoms with van der Waals surface area (Å²) in [6, 6.07) is 19.4. The van der Waals surface area contributed by atoms with Gasteiger partial charge in [0.25, 0.3) is 0 Å². The maximum atomic E-state index is 4.37. The van der Waals surface area contributed by atoms with Crippen LogP contribution < -0.4 is 15.9 Å². The lowest BCUT2D eigenvalue weighted by Crippen LogP contribution is -2.19. The molecule has 1 unspecified atom stereocenters. The van der Waals surface area contributed by atoms with Crippen molar-refractivity contribution in [3.8, 4) is 0 Å². The van der Waals surface area contributed by atoms with Crippen LogP contribution in [0, 0.1) is 20.8 Å². The number of nitrogens with one attached hydrogen (secondary N) is 1. The summed E-state index contributed by atoms with van der Waals surface area (Å²) in [7, 11) is 0.687. The fourth-order valence-corrected chi connectivity index (χ4v) is 4.29. The van der Waals surface area contributed by atoms with Gasteiger partial charge in [0.2, 0.25) is 0 Å². The molecule has 0 amide bonds. The largest absolute Gasteiger partial charge is 0.307 e. The van der Waals surface area contributed by atoms with E-state index in [-0.39, 0.29) is 0 Å². The summed E-state index contributed by atoms with van der Waals surface area (Å²) in [6.07, 6.45) is 1.84. The Bertz CT molecular complexity index is 821. The van der Waals surface area contributed by atoms with Crippen molar-refractivity contribution in [2.24, 2.45) is 0 Å². The summed E-state index contributed by atoms with van der Waals surface area (Å²) in [4.78, 5) is 4.37. The van der Waals surface area contributed by atoms with E-state index in [1.807, 2.05) is 18.3 Å². The second kappa shape index (κ2) is 8.38. The zero-order chi connectivity index (χ0) is 17.6. The van der Waals surface area contributed by atoms with Gasteiger partial charge in [0, 0.05) is 19.3 Å². The van der Waals surface area contributed by atoms with Crippen LogP contribution >= 0.6 is 8.58 Å². The average Bonchev–Trinajstić information content (AvgIpc) is 2.62. The van der Waals surface area contributed by atoms with E-state index in [0.29, 0.717) is 8.58 Å². The quantitative estimate of drug-likeness (QED) is 0.683. The summed E-state index contributed by atoms with van der Waals surface area (Å²) >= 11 is 0. The second-order valence-electron chi connectivity index (χ2n) is 6.44. The average molecular weight is 348 g/mol. The molecule has 1 N–H and O–H groups in total. The molecule has 0 aliphatic heterocycles. The smallest absolute Gasteiger partial charge is 0.0541 e. The van der Waals surface area contributed by atoms with Crippen molar-refractivity contribution in [3.05, 3.63) is 88.7 Å². The van der Waals surface area contributed by atoms with Crippen LogP contribution in [-0.4, -0.2) is 4.98 Å². The van der Waals surface area contributed by atoms with Crippen molar-refractivity contribution in [1.29, 1.82) is 0 Å². The normalized spacial score (nSPS) is 11.3. The molecule has 1 aromatic heterocycles. The van der Waals surface area contributed by atoms with Gasteiger partial charge < -0.3 is 5.32 Å². The van der Waals surface area contributed by atoms with E-state index in [1.165, 1.54) is 32.9 Å². The minimum Gasteiger partial charge on any atom is -0.307 e. The zero-order valence-corrected chi connectivity index (χ0v) is 16.1. The molecule has 0 fully saturated rings. The van der Waals surface area contributed by atoms with Crippen LogP contribution in [0.2, 0.25) is 0 Å². The molecular formula is C22H25N2P.